The first-order chi connectivity index (χ1) is 14.8. The van der Waals surface area contributed by atoms with Crippen LogP contribution in [0.3, 0.4) is 0 Å². The Bertz CT molecular complexity index is 981. The van der Waals surface area contributed by atoms with Crippen LogP contribution in [0.25, 0.3) is 11.2 Å². The predicted octanol–water partition coefficient (Wildman–Crippen LogP) is 5.08. The van der Waals surface area contributed by atoms with Crippen LogP contribution in [0.5, 0.6) is 0 Å². The second-order valence-electron chi connectivity index (χ2n) is 8.75. The minimum Gasteiger partial charge on any atom is -0.364 e. The first kappa shape index (κ1) is 24.6. The third kappa shape index (κ3) is 5.45. The average molecular weight is 478 g/mol. The van der Waals surface area contributed by atoms with Gasteiger partial charge in [-0.1, -0.05) is 43.2 Å². The molecule has 0 spiro atoms. The molecule has 32 heavy (non-hydrogen) atoms. The first-order valence-electron chi connectivity index (χ1n) is 11.3. The Morgan fingerprint density at radius 2 is 1.66 bits per heavy atom. The van der Waals surface area contributed by atoms with Crippen molar-refractivity contribution < 1.29 is 0 Å². The molecule has 0 atom stereocenters. The average Bonchev–Trinajstić information content (AvgIpc) is 3.44. The van der Waals surface area contributed by atoms with Crippen LogP contribution < -0.4 is 16.4 Å². The van der Waals surface area contributed by atoms with Gasteiger partial charge in [0.15, 0.2) is 17.0 Å². The largest absolute Gasteiger partial charge is 0.364 e. The number of hydrogen-bond donors (Lipinski definition) is 3. The Morgan fingerprint density at radius 3 is 2.38 bits per heavy atom. The Balaban J connectivity index is 0.00000144. The maximum atomic E-state index is 6.08. The maximum Gasteiger partial charge on any atom is 0.227 e. The highest BCUT2D eigenvalue weighted by Crippen LogP contribution is 2.33. The van der Waals surface area contributed by atoms with Crippen molar-refractivity contribution in [2.75, 3.05) is 10.6 Å². The van der Waals surface area contributed by atoms with E-state index in [9.17, 15) is 0 Å². The maximum absolute atomic E-state index is 6.08. The smallest absolute Gasteiger partial charge is 0.227 e. The van der Waals surface area contributed by atoms with Gasteiger partial charge in [-0.2, -0.15) is 9.97 Å². The van der Waals surface area contributed by atoms with Crippen molar-refractivity contribution in [3.63, 3.8) is 0 Å². The zero-order valence-corrected chi connectivity index (χ0v) is 19.9. The molecule has 1 aromatic carbocycles. The summed E-state index contributed by atoms with van der Waals surface area (Å²) in [5, 5.41) is 7.09. The van der Waals surface area contributed by atoms with Gasteiger partial charge in [0, 0.05) is 24.7 Å². The van der Waals surface area contributed by atoms with Gasteiger partial charge in [0.2, 0.25) is 5.95 Å². The van der Waals surface area contributed by atoms with Gasteiger partial charge in [-0.15, -0.1) is 24.8 Å². The first-order valence-corrected chi connectivity index (χ1v) is 11.3. The Morgan fingerprint density at radius 1 is 0.938 bits per heavy atom. The minimum atomic E-state index is 0. The van der Waals surface area contributed by atoms with E-state index in [0.29, 0.717) is 30.6 Å². The molecule has 0 aliphatic heterocycles. The van der Waals surface area contributed by atoms with Crippen molar-refractivity contribution in [2.24, 2.45) is 5.73 Å². The molecule has 7 nitrogen and oxygen atoms in total. The second kappa shape index (κ2) is 11.2. The van der Waals surface area contributed by atoms with Gasteiger partial charge in [0.1, 0.15) is 0 Å². The van der Waals surface area contributed by atoms with E-state index in [-0.39, 0.29) is 24.8 Å². The molecular formula is C23H33Cl2N7. The van der Waals surface area contributed by atoms with Crippen LogP contribution in [0.15, 0.2) is 36.7 Å². The summed E-state index contributed by atoms with van der Waals surface area (Å²) < 4.78 is 2.26. The van der Waals surface area contributed by atoms with Gasteiger partial charge >= 0.3 is 0 Å². The zero-order chi connectivity index (χ0) is 20.3. The van der Waals surface area contributed by atoms with Crippen LogP contribution in [0.1, 0.15) is 63.0 Å². The summed E-state index contributed by atoms with van der Waals surface area (Å²) in [7, 11) is 0. The molecule has 4 N–H and O–H groups in total. The van der Waals surface area contributed by atoms with E-state index in [0.717, 1.165) is 42.7 Å². The molecule has 2 aromatic heterocycles. The minimum absolute atomic E-state index is 0. The topological polar surface area (TPSA) is 93.7 Å². The van der Waals surface area contributed by atoms with Crippen molar-refractivity contribution >= 4 is 47.7 Å². The van der Waals surface area contributed by atoms with Crippen molar-refractivity contribution in [2.45, 2.75) is 76.0 Å². The molecule has 2 fully saturated rings. The van der Waals surface area contributed by atoms with Gasteiger partial charge in [-0.25, -0.2) is 4.98 Å². The van der Waals surface area contributed by atoms with Crippen LogP contribution in [0, 0.1) is 0 Å². The summed E-state index contributed by atoms with van der Waals surface area (Å²) in [6.07, 6.45) is 11.2. The number of anilines is 2. The highest BCUT2D eigenvalue weighted by atomic mass is 35.5. The van der Waals surface area contributed by atoms with Crippen molar-refractivity contribution in [1.82, 2.24) is 19.5 Å². The number of nitrogens with zero attached hydrogens (tertiary/aromatic N) is 4. The highest BCUT2D eigenvalue weighted by Gasteiger charge is 2.23. The molecule has 0 amide bonds. The van der Waals surface area contributed by atoms with Crippen molar-refractivity contribution in [3.8, 4) is 0 Å². The standard InChI is InChI=1S/C23H31N7.2ClH/c24-17-10-12-18(13-11-17)27-23-28-21(25-14-16-6-2-1-3-7-16)20-22(29-23)30(15-26-20)19-8-4-5-9-19;;/h1-3,6-7,15,17-19H,4-5,8-14,24H2,(H2,25,27,28,29);2*1H/t17-,18-;;. The van der Waals surface area contributed by atoms with E-state index in [2.05, 4.69) is 39.5 Å². The predicted molar refractivity (Wildman–Crippen MR) is 135 cm³/mol. The summed E-state index contributed by atoms with van der Waals surface area (Å²) in [6.45, 7) is 0.709. The van der Waals surface area contributed by atoms with Crippen LogP contribution in [0.2, 0.25) is 0 Å². The van der Waals surface area contributed by atoms with E-state index < -0.39 is 0 Å². The molecule has 9 heteroatoms. The lowest BCUT2D eigenvalue weighted by molar-refractivity contribution is 0.410. The number of benzene rings is 1. The fourth-order valence-electron chi connectivity index (χ4n) is 4.78. The monoisotopic (exact) mass is 477 g/mol. The summed E-state index contributed by atoms with van der Waals surface area (Å²) >= 11 is 0. The molecule has 2 aliphatic carbocycles. The number of nitrogens with one attached hydrogen (secondary N) is 2. The lowest BCUT2D eigenvalue weighted by Gasteiger charge is -2.27. The van der Waals surface area contributed by atoms with Gasteiger partial charge in [-0.3, -0.25) is 0 Å². The molecule has 174 valence electrons. The molecule has 0 saturated heterocycles. The molecule has 2 aliphatic rings. The fourth-order valence-corrected chi connectivity index (χ4v) is 4.78. The molecule has 2 saturated carbocycles. The van der Waals surface area contributed by atoms with Gasteiger partial charge < -0.3 is 20.9 Å². The number of fused-ring (bicyclic) bond motifs is 1. The number of rotatable bonds is 6. The molecule has 0 radical (unpaired) electrons. The number of hydrogen-bond acceptors (Lipinski definition) is 6. The normalized spacial score (nSPS) is 21.0. The molecule has 0 unspecified atom stereocenters. The Hall–Kier alpha value is -2.09. The molecular weight excluding hydrogens is 445 g/mol. The number of halogens is 2. The summed E-state index contributed by atoms with van der Waals surface area (Å²) in [5.74, 6) is 1.49. The van der Waals surface area contributed by atoms with Gasteiger partial charge in [0.25, 0.3) is 0 Å². The third-order valence-electron chi connectivity index (χ3n) is 6.55. The number of nitrogens with two attached hydrogens (primary N) is 1. The van der Waals surface area contributed by atoms with Crippen LogP contribution >= 0.6 is 24.8 Å². The summed E-state index contributed by atoms with van der Waals surface area (Å²) in [4.78, 5) is 14.4. The lowest BCUT2D eigenvalue weighted by Crippen LogP contribution is -2.33. The van der Waals surface area contributed by atoms with Crippen LogP contribution in [-0.2, 0) is 6.54 Å². The molecule has 3 aromatic rings. The fraction of sp³-hybridized carbons (Fsp3) is 0.522. The molecule has 2 heterocycles. The van der Waals surface area contributed by atoms with Crippen molar-refractivity contribution in [3.05, 3.63) is 42.2 Å². The van der Waals surface area contributed by atoms with Crippen LogP contribution in [-0.4, -0.2) is 31.6 Å². The SMILES string of the molecule is Cl.Cl.N[C@H]1CC[C@H](Nc2nc(NCc3ccccc3)c3ncn(C4CCCC4)c3n2)CC1. The number of aromatic nitrogens is 4. The van der Waals surface area contributed by atoms with E-state index in [4.69, 9.17) is 20.7 Å². The molecule has 5 rings (SSSR count). The third-order valence-corrected chi connectivity index (χ3v) is 6.55. The van der Waals surface area contributed by atoms with E-state index in [1.807, 2.05) is 12.4 Å². The zero-order valence-electron chi connectivity index (χ0n) is 18.2. The van der Waals surface area contributed by atoms with E-state index in [1.54, 1.807) is 0 Å². The van der Waals surface area contributed by atoms with Crippen LogP contribution in [0.4, 0.5) is 11.8 Å². The highest BCUT2D eigenvalue weighted by molar-refractivity contribution is 5.86. The van der Waals surface area contributed by atoms with Gasteiger partial charge in [0.05, 0.1) is 6.33 Å². The van der Waals surface area contributed by atoms with Gasteiger partial charge in [-0.05, 0) is 44.1 Å². The summed E-state index contributed by atoms with van der Waals surface area (Å²) in [5.41, 5.74) is 9.09. The Labute approximate surface area is 201 Å². The lowest BCUT2D eigenvalue weighted by atomic mass is 9.92. The summed E-state index contributed by atoms with van der Waals surface area (Å²) in [6, 6.07) is 11.6. The number of imidazole rings is 1. The van der Waals surface area contributed by atoms with E-state index >= 15 is 0 Å². The quantitative estimate of drug-likeness (QED) is 0.458. The van der Waals surface area contributed by atoms with Crippen molar-refractivity contribution in [1.29, 1.82) is 0 Å². The Kier molecular flexibility index (Phi) is 8.57. The second-order valence-corrected chi connectivity index (χ2v) is 8.75. The molecule has 0 bridgehead atoms. The van der Waals surface area contributed by atoms with E-state index in [1.165, 1.54) is 31.2 Å².